The molecule has 1 aliphatic heterocycles. The Hall–Kier alpha value is -6.20. The molecule has 0 amide bonds. The van der Waals surface area contributed by atoms with Gasteiger partial charge in [-0.1, -0.05) is 127 Å². The van der Waals surface area contributed by atoms with Gasteiger partial charge in [-0.3, -0.25) is 4.98 Å². The molecule has 0 N–H and O–H groups in total. The van der Waals surface area contributed by atoms with Gasteiger partial charge in [-0.25, -0.2) is 15.0 Å². The highest BCUT2D eigenvalue weighted by atomic mass is 16.5. The third-order valence-corrected chi connectivity index (χ3v) is 9.50. The van der Waals surface area contributed by atoms with E-state index in [0.29, 0.717) is 17.5 Å². The van der Waals surface area contributed by atoms with Crippen LogP contribution >= 0.6 is 0 Å². The minimum Gasteiger partial charge on any atom is -0.484 e. The smallest absolute Gasteiger partial charge is 0.164 e. The zero-order valence-corrected chi connectivity index (χ0v) is 25.2. The predicted octanol–water partition coefficient (Wildman–Crippen LogP) is 9.71. The van der Waals surface area contributed by atoms with Gasteiger partial charge in [0.25, 0.3) is 0 Å². The maximum atomic E-state index is 6.65. The molecule has 0 bridgehead atoms. The molecule has 0 saturated heterocycles. The van der Waals surface area contributed by atoms with Gasteiger partial charge >= 0.3 is 0 Å². The van der Waals surface area contributed by atoms with Crippen molar-refractivity contribution in [3.8, 4) is 28.5 Å². The molecule has 5 nitrogen and oxygen atoms in total. The van der Waals surface area contributed by atoms with Crippen LogP contribution in [-0.2, 0) is 0 Å². The molecule has 0 saturated carbocycles. The highest BCUT2D eigenvalue weighted by Gasteiger charge is 2.39. The number of fused-ring (bicyclic) bond motifs is 10. The van der Waals surface area contributed by atoms with Crippen LogP contribution in [0.25, 0.3) is 71.6 Å². The Kier molecular flexibility index (Phi) is 5.63. The van der Waals surface area contributed by atoms with Crippen LogP contribution in [0.1, 0.15) is 17.3 Å². The first-order chi connectivity index (χ1) is 23.3. The zero-order valence-electron chi connectivity index (χ0n) is 25.2. The molecule has 47 heavy (non-hydrogen) atoms. The lowest BCUT2D eigenvalue weighted by molar-refractivity contribution is 0.274. The third kappa shape index (κ3) is 4.03. The number of allylic oxidation sites excluding steroid dienone is 2. The first-order valence-electron chi connectivity index (χ1n) is 15.9. The van der Waals surface area contributed by atoms with Crippen molar-refractivity contribution in [3.05, 3.63) is 157 Å². The van der Waals surface area contributed by atoms with Crippen LogP contribution in [0.2, 0.25) is 0 Å². The first-order valence-corrected chi connectivity index (χ1v) is 15.9. The van der Waals surface area contributed by atoms with Crippen LogP contribution < -0.4 is 4.74 Å². The Morgan fingerprint density at radius 1 is 0.553 bits per heavy atom. The van der Waals surface area contributed by atoms with Gasteiger partial charge in [0.05, 0.1) is 11.4 Å². The van der Waals surface area contributed by atoms with Gasteiger partial charge in [0.15, 0.2) is 17.5 Å². The molecule has 2 aromatic heterocycles. The number of benzene rings is 6. The summed E-state index contributed by atoms with van der Waals surface area (Å²) in [6, 6.07) is 42.0. The molecule has 6 aromatic carbocycles. The van der Waals surface area contributed by atoms with Gasteiger partial charge in [-0.15, -0.1) is 0 Å². The molecule has 0 fully saturated rings. The van der Waals surface area contributed by atoms with Crippen LogP contribution in [0.5, 0.6) is 5.75 Å². The summed E-state index contributed by atoms with van der Waals surface area (Å²) < 4.78 is 6.65. The average Bonchev–Trinajstić information content (AvgIpc) is 3.54. The maximum Gasteiger partial charge on any atom is 0.164 e. The maximum absolute atomic E-state index is 6.65. The molecule has 2 aliphatic rings. The largest absolute Gasteiger partial charge is 0.484 e. The Morgan fingerprint density at radius 3 is 2.19 bits per heavy atom. The summed E-state index contributed by atoms with van der Waals surface area (Å²) in [5, 5.41) is 7.81. The number of hydrogen-bond acceptors (Lipinski definition) is 5. The second-order valence-electron chi connectivity index (χ2n) is 12.2. The quantitative estimate of drug-likeness (QED) is 0.188. The molecule has 2 unspecified atom stereocenters. The van der Waals surface area contributed by atoms with Crippen molar-refractivity contribution in [2.45, 2.75) is 12.0 Å². The van der Waals surface area contributed by atoms with Crippen molar-refractivity contribution < 1.29 is 4.74 Å². The molecule has 8 aromatic rings. The lowest BCUT2D eigenvalue weighted by Gasteiger charge is -2.22. The monoisotopic (exact) mass is 602 g/mol. The van der Waals surface area contributed by atoms with E-state index in [1.807, 2.05) is 30.5 Å². The summed E-state index contributed by atoms with van der Waals surface area (Å²) in [6.07, 6.45) is 8.06. The second-order valence-corrected chi connectivity index (χ2v) is 12.2. The van der Waals surface area contributed by atoms with Crippen molar-refractivity contribution in [1.29, 1.82) is 0 Å². The number of ether oxygens (including phenoxy) is 1. The topological polar surface area (TPSA) is 60.8 Å². The summed E-state index contributed by atoms with van der Waals surface area (Å²) >= 11 is 0. The standard InChI is InChI=1S/C42H26N4O/c1-2-10-29(11-3-1)40-44-41(32-15-6-12-26-18-19-27-20-21-28-13-8-24-43-38(28)36(27)35(26)32)46-42(45-40)33-16-7-17-34-37(33)31-23-22-25-9-4-5-14-30(25)39(31)47-34/h1-24,34,37H. The molecule has 0 radical (unpaired) electrons. The summed E-state index contributed by atoms with van der Waals surface area (Å²) in [6.45, 7) is 0. The summed E-state index contributed by atoms with van der Waals surface area (Å²) in [5.74, 6) is 2.81. The number of pyridine rings is 1. The number of hydrogen-bond donors (Lipinski definition) is 0. The fourth-order valence-electron chi connectivity index (χ4n) is 7.36. The highest BCUT2D eigenvalue weighted by molar-refractivity contribution is 6.22. The van der Waals surface area contributed by atoms with Crippen LogP contribution in [0.3, 0.4) is 0 Å². The van der Waals surface area contributed by atoms with Crippen LogP contribution in [0.4, 0.5) is 0 Å². The summed E-state index contributed by atoms with van der Waals surface area (Å²) in [4.78, 5) is 20.4. The van der Waals surface area contributed by atoms with E-state index in [0.717, 1.165) is 65.8 Å². The number of nitrogens with zero attached hydrogens (tertiary/aromatic N) is 4. The SMILES string of the molecule is C1=CC2Oc3c(ccc4ccccc34)C2C(c2nc(-c3ccccc3)nc(-c3cccc4ccc5ccc6cccnc6c5c34)n2)=C1. The molecule has 2 atom stereocenters. The van der Waals surface area contributed by atoms with Crippen molar-refractivity contribution in [2.75, 3.05) is 0 Å². The summed E-state index contributed by atoms with van der Waals surface area (Å²) in [7, 11) is 0. The molecule has 10 rings (SSSR count). The van der Waals surface area contributed by atoms with E-state index in [-0.39, 0.29) is 12.0 Å². The van der Waals surface area contributed by atoms with Gasteiger partial charge in [-0.2, -0.15) is 0 Å². The van der Waals surface area contributed by atoms with E-state index >= 15 is 0 Å². The van der Waals surface area contributed by atoms with E-state index < -0.39 is 0 Å². The fourth-order valence-corrected chi connectivity index (χ4v) is 7.36. The Balaban J connectivity index is 1.23. The number of aromatic nitrogens is 4. The molecule has 3 heterocycles. The van der Waals surface area contributed by atoms with E-state index in [4.69, 9.17) is 24.7 Å². The molecular formula is C42H26N4O. The fraction of sp³-hybridized carbons (Fsp3) is 0.0476. The Morgan fingerprint density at radius 2 is 1.28 bits per heavy atom. The highest BCUT2D eigenvalue weighted by Crippen LogP contribution is 2.50. The van der Waals surface area contributed by atoms with Crippen molar-refractivity contribution in [1.82, 2.24) is 19.9 Å². The normalized spacial score (nSPS) is 16.7. The predicted molar refractivity (Wildman–Crippen MR) is 189 cm³/mol. The first kappa shape index (κ1) is 26.1. The molecule has 0 spiro atoms. The average molecular weight is 603 g/mol. The van der Waals surface area contributed by atoms with Crippen LogP contribution in [0, 0.1) is 0 Å². The third-order valence-electron chi connectivity index (χ3n) is 9.50. The van der Waals surface area contributed by atoms with E-state index in [1.165, 1.54) is 5.39 Å². The van der Waals surface area contributed by atoms with E-state index in [1.54, 1.807) is 0 Å². The minimum atomic E-state index is -0.143. The molecule has 1 aliphatic carbocycles. The van der Waals surface area contributed by atoms with Crippen LogP contribution in [0.15, 0.2) is 146 Å². The molecule has 5 heteroatoms. The Bertz CT molecular complexity index is 2620. The van der Waals surface area contributed by atoms with E-state index in [9.17, 15) is 0 Å². The second kappa shape index (κ2) is 10.2. The van der Waals surface area contributed by atoms with Gasteiger partial charge in [0.2, 0.25) is 0 Å². The molecule has 220 valence electrons. The van der Waals surface area contributed by atoms with Gasteiger partial charge < -0.3 is 4.74 Å². The van der Waals surface area contributed by atoms with E-state index in [2.05, 4.69) is 115 Å². The summed E-state index contributed by atoms with van der Waals surface area (Å²) in [5.41, 5.74) is 5.03. The van der Waals surface area contributed by atoms with Gasteiger partial charge in [-0.05, 0) is 28.3 Å². The lowest BCUT2D eigenvalue weighted by Crippen LogP contribution is -2.20. The van der Waals surface area contributed by atoms with Crippen molar-refractivity contribution in [2.24, 2.45) is 0 Å². The zero-order chi connectivity index (χ0) is 30.9. The lowest BCUT2D eigenvalue weighted by atomic mass is 9.83. The van der Waals surface area contributed by atoms with Crippen molar-refractivity contribution in [3.63, 3.8) is 0 Å². The molecular weight excluding hydrogens is 576 g/mol. The van der Waals surface area contributed by atoms with Gasteiger partial charge in [0.1, 0.15) is 11.9 Å². The van der Waals surface area contributed by atoms with Crippen LogP contribution in [-0.4, -0.2) is 26.0 Å². The van der Waals surface area contributed by atoms with Crippen molar-refractivity contribution >= 4 is 48.8 Å². The number of rotatable bonds is 3. The minimum absolute atomic E-state index is 0.0417. The Labute approximate surface area is 270 Å². The van der Waals surface area contributed by atoms with Gasteiger partial charge in [0, 0.05) is 50.0 Å².